The SMILES string of the molecule is Nc1ccc(Br)cc1S(=O)Cc1ccc2c(c1)CCC2. The minimum Gasteiger partial charge on any atom is -0.398 e. The molecule has 4 heteroatoms. The van der Waals surface area contributed by atoms with Crippen LogP contribution in [-0.4, -0.2) is 4.21 Å². The highest BCUT2D eigenvalue weighted by Crippen LogP contribution is 2.26. The number of halogens is 1. The summed E-state index contributed by atoms with van der Waals surface area (Å²) in [6.07, 6.45) is 3.56. The van der Waals surface area contributed by atoms with Crippen LogP contribution in [0.3, 0.4) is 0 Å². The predicted octanol–water partition coefficient (Wildman–Crippen LogP) is 3.83. The van der Waals surface area contributed by atoms with Gasteiger partial charge in [-0.15, -0.1) is 0 Å². The van der Waals surface area contributed by atoms with Crippen molar-refractivity contribution in [3.05, 3.63) is 57.6 Å². The average molecular weight is 350 g/mol. The molecule has 0 saturated heterocycles. The van der Waals surface area contributed by atoms with Crippen LogP contribution in [0.4, 0.5) is 5.69 Å². The first-order chi connectivity index (χ1) is 9.63. The van der Waals surface area contributed by atoms with Crippen LogP contribution in [0.15, 0.2) is 45.8 Å². The molecule has 2 N–H and O–H groups in total. The van der Waals surface area contributed by atoms with E-state index in [1.54, 1.807) is 6.07 Å². The number of aryl methyl sites for hydroxylation is 2. The second-order valence-corrected chi connectivity index (χ2v) is 7.46. The number of benzene rings is 2. The smallest absolute Gasteiger partial charge is 0.0632 e. The summed E-state index contributed by atoms with van der Waals surface area (Å²) in [6, 6.07) is 12.0. The first kappa shape index (κ1) is 13.8. The molecule has 0 amide bonds. The lowest BCUT2D eigenvalue weighted by Gasteiger charge is -2.08. The van der Waals surface area contributed by atoms with Crippen molar-refractivity contribution in [2.24, 2.45) is 0 Å². The van der Waals surface area contributed by atoms with E-state index in [-0.39, 0.29) is 0 Å². The number of nitrogens with two attached hydrogens (primary N) is 1. The topological polar surface area (TPSA) is 43.1 Å². The summed E-state index contributed by atoms with van der Waals surface area (Å²) in [6.45, 7) is 0. The van der Waals surface area contributed by atoms with E-state index in [1.807, 2.05) is 12.1 Å². The fraction of sp³-hybridized carbons (Fsp3) is 0.250. The van der Waals surface area contributed by atoms with E-state index < -0.39 is 10.8 Å². The van der Waals surface area contributed by atoms with Crippen LogP contribution in [0.2, 0.25) is 0 Å². The van der Waals surface area contributed by atoms with Gasteiger partial charge in [-0.05, 0) is 54.2 Å². The summed E-state index contributed by atoms with van der Waals surface area (Å²) in [5.74, 6) is 0.522. The van der Waals surface area contributed by atoms with Crippen LogP contribution in [0, 0.1) is 0 Å². The lowest BCUT2D eigenvalue weighted by atomic mass is 10.1. The number of nitrogen functional groups attached to an aromatic ring is 1. The third-order valence-corrected chi connectivity index (χ3v) is 5.61. The van der Waals surface area contributed by atoms with Crippen molar-refractivity contribution in [3.63, 3.8) is 0 Å². The number of hydrogen-bond acceptors (Lipinski definition) is 2. The zero-order chi connectivity index (χ0) is 14.1. The molecule has 0 aliphatic heterocycles. The maximum Gasteiger partial charge on any atom is 0.0632 e. The average Bonchev–Trinajstić information content (AvgIpc) is 2.89. The van der Waals surface area contributed by atoms with Crippen molar-refractivity contribution < 1.29 is 4.21 Å². The van der Waals surface area contributed by atoms with Gasteiger partial charge in [0.05, 0.1) is 21.4 Å². The minimum absolute atomic E-state index is 0.522. The second kappa shape index (κ2) is 5.70. The first-order valence-electron chi connectivity index (χ1n) is 6.67. The van der Waals surface area contributed by atoms with Crippen molar-refractivity contribution in [1.82, 2.24) is 0 Å². The Labute approximate surface area is 130 Å². The van der Waals surface area contributed by atoms with Gasteiger partial charge in [0.25, 0.3) is 0 Å². The third kappa shape index (κ3) is 2.81. The summed E-state index contributed by atoms with van der Waals surface area (Å²) in [5, 5.41) is 0. The molecule has 2 aromatic rings. The molecule has 0 spiro atoms. The molecule has 2 nitrogen and oxygen atoms in total. The zero-order valence-electron chi connectivity index (χ0n) is 11.1. The van der Waals surface area contributed by atoms with Gasteiger partial charge in [0.2, 0.25) is 0 Å². The zero-order valence-corrected chi connectivity index (χ0v) is 13.5. The molecule has 20 heavy (non-hydrogen) atoms. The summed E-state index contributed by atoms with van der Waals surface area (Å²) in [5.41, 5.74) is 10.5. The van der Waals surface area contributed by atoms with Crippen molar-refractivity contribution >= 4 is 32.4 Å². The van der Waals surface area contributed by atoms with E-state index in [4.69, 9.17) is 5.73 Å². The molecule has 104 valence electrons. The fourth-order valence-electron chi connectivity index (χ4n) is 2.65. The van der Waals surface area contributed by atoms with Gasteiger partial charge in [0.1, 0.15) is 0 Å². The Hall–Kier alpha value is -1.13. The van der Waals surface area contributed by atoms with Gasteiger partial charge in [-0.1, -0.05) is 34.1 Å². The summed E-state index contributed by atoms with van der Waals surface area (Å²) < 4.78 is 13.4. The van der Waals surface area contributed by atoms with E-state index >= 15 is 0 Å². The second-order valence-electron chi connectivity index (χ2n) is 5.13. The Morgan fingerprint density at radius 3 is 2.75 bits per heavy atom. The van der Waals surface area contributed by atoms with Gasteiger partial charge in [-0.2, -0.15) is 0 Å². The van der Waals surface area contributed by atoms with E-state index in [0.717, 1.165) is 16.5 Å². The monoisotopic (exact) mass is 349 g/mol. The number of rotatable bonds is 3. The molecular weight excluding hydrogens is 334 g/mol. The van der Waals surface area contributed by atoms with Gasteiger partial charge in [0.15, 0.2) is 0 Å². The Balaban J connectivity index is 1.84. The molecule has 0 radical (unpaired) electrons. The maximum atomic E-state index is 12.5. The molecule has 1 atom stereocenters. The largest absolute Gasteiger partial charge is 0.398 e. The molecule has 0 bridgehead atoms. The van der Waals surface area contributed by atoms with Crippen molar-refractivity contribution in [3.8, 4) is 0 Å². The highest BCUT2D eigenvalue weighted by molar-refractivity contribution is 9.10. The van der Waals surface area contributed by atoms with Crippen LogP contribution < -0.4 is 5.73 Å². The molecular formula is C16H16BrNOS. The van der Waals surface area contributed by atoms with Crippen LogP contribution in [0.1, 0.15) is 23.1 Å². The van der Waals surface area contributed by atoms with Crippen LogP contribution in [0.25, 0.3) is 0 Å². The molecule has 1 aliphatic rings. The van der Waals surface area contributed by atoms with Crippen molar-refractivity contribution in [2.45, 2.75) is 29.9 Å². The Kier molecular flexibility index (Phi) is 3.94. The van der Waals surface area contributed by atoms with Gasteiger partial charge >= 0.3 is 0 Å². The predicted molar refractivity (Wildman–Crippen MR) is 87.1 cm³/mol. The molecule has 1 aliphatic carbocycles. The lowest BCUT2D eigenvalue weighted by Crippen LogP contribution is -2.01. The lowest BCUT2D eigenvalue weighted by molar-refractivity contribution is 0.683. The van der Waals surface area contributed by atoms with Crippen molar-refractivity contribution in [1.29, 1.82) is 0 Å². The summed E-state index contributed by atoms with van der Waals surface area (Å²) in [7, 11) is -1.11. The highest BCUT2D eigenvalue weighted by Gasteiger charge is 2.13. The molecule has 0 saturated carbocycles. The number of hydrogen-bond donors (Lipinski definition) is 1. The van der Waals surface area contributed by atoms with Crippen LogP contribution in [-0.2, 0) is 29.4 Å². The normalized spacial score (nSPS) is 15.1. The standard InChI is InChI=1S/C16H16BrNOS/c17-14-6-7-15(18)16(9-14)20(19)10-11-4-5-12-2-1-3-13(12)8-11/h4-9H,1-3,10,18H2. The Morgan fingerprint density at radius 1 is 1.10 bits per heavy atom. The van der Waals surface area contributed by atoms with E-state index in [1.165, 1.54) is 24.0 Å². The molecule has 2 aromatic carbocycles. The minimum atomic E-state index is -1.11. The Morgan fingerprint density at radius 2 is 1.90 bits per heavy atom. The first-order valence-corrected chi connectivity index (χ1v) is 8.79. The maximum absolute atomic E-state index is 12.5. The van der Waals surface area contributed by atoms with E-state index in [9.17, 15) is 4.21 Å². The quantitative estimate of drug-likeness (QED) is 0.855. The molecule has 0 fully saturated rings. The summed E-state index contributed by atoms with van der Waals surface area (Å²) in [4.78, 5) is 0.708. The van der Waals surface area contributed by atoms with Crippen LogP contribution >= 0.6 is 15.9 Å². The van der Waals surface area contributed by atoms with E-state index in [2.05, 4.69) is 34.1 Å². The van der Waals surface area contributed by atoms with E-state index in [0.29, 0.717) is 16.3 Å². The van der Waals surface area contributed by atoms with Crippen molar-refractivity contribution in [2.75, 3.05) is 5.73 Å². The summed E-state index contributed by atoms with van der Waals surface area (Å²) >= 11 is 3.40. The Bertz CT molecular complexity index is 684. The number of fused-ring (bicyclic) bond motifs is 1. The van der Waals surface area contributed by atoms with Gasteiger partial charge < -0.3 is 5.73 Å². The highest BCUT2D eigenvalue weighted by atomic mass is 79.9. The third-order valence-electron chi connectivity index (χ3n) is 3.68. The molecule has 0 heterocycles. The molecule has 0 aromatic heterocycles. The van der Waals surface area contributed by atoms with Gasteiger partial charge in [0, 0.05) is 10.2 Å². The number of anilines is 1. The fourth-order valence-corrected chi connectivity index (χ4v) is 4.39. The van der Waals surface area contributed by atoms with Gasteiger partial charge in [-0.3, -0.25) is 4.21 Å². The molecule has 1 unspecified atom stereocenters. The van der Waals surface area contributed by atoms with Gasteiger partial charge in [-0.25, -0.2) is 0 Å². The van der Waals surface area contributed by atoms with Crippen LogP contribution in [0.5, 0.6) is 0 Å². The molecule has 3 rings (SSSR count).